The van der Waals surface area contributed by atoms with E-state index in [1.165, 1.54) is 36.8 Å². The van der Waals surface area contributed by atoms with E-state index in [0.29, 0.717) is 5.69 Å². The lowest BCUT2D eigenvalue weighted by atomic mass is 10.2. The summed E-state index contributed by atoms with van der Waals surface area (Å²) >= 11 is 6.81. The van der Waals surface area contributed by atoms with Crippen molar-refractivity contribution in [1.82, 2.24) is 0 Å². The van der Waals surface area contributed by atoms with Gasteiger partial charge in [0.2, 0.25) is 0 Å². The third kappa shape index (κ3) is 3.46. The van der Waals surface area contributed by atoms with E-state index in [4.69, 9.17) is 17.3 Å². The maximum Gasteiger partial charge on any atom is 0.339 e. The molecule has 0 atom stereocenters. The number of nitrogens with one attached hydrogen (secondary N) is 1. The SMILES string of the molecule is COC(=O)c1ccc(Cl)cc1NS(=O)(=O)c1cc(N)cs1. The van der Waals surface area contributed by atoms with Gasteiger partial charge in [-0.2, -0.15) is 0 Å². The number of anilines is 2. The normalized spacial score (nSPS) is 11.1. The number of nitrogen functional groups attached to an aromatic ring is 1. The summed E-state index contributed by atoms with van der Waals surface area (Å²) in [5.74, 6) is -0.671. The van der Waals surface area contributed by atoms with E-state index in [2.05, 4.69) is 9.46 Å². The van der Waals surface area contributed by atoms with Crippen molar-refractivity contribution in [3.63, 3.8) is 0 Å². The smallest absolute Gasteiger partial charge is 0.339 e. The van der Waals surface area contributed by atoms with Gasteiger partial charge >= 0.3 is 5.97 Å². The highest BCUT2D eigenvalue weighted by atomic mass is 35.5. The Balaban J connectivity index is 2.43. The summed E-state index contributed by atoms with van der Waals surface area (Å²) in [6, 6.07) is 5.52. The Bertz CT molecular complexity index is 786. The van der Waals surface area contributed by atoms with E-state index in [1.54, 1.807) is 0 Å². The molecule has 3 N–H and O–H groups in total. The molecule has 1 heterocycles. The fourth-order valence-electron chi connectivity index (χ4n) is 1.56. The van der Waals surface area contributed by atoms with Crippen LogP contribution in [0.25, 0.3) is 0 Å². The zero-order valence-corrected chi connectivity index (χ0v) is 13.2. The molecular formula is C12H11ClN2O4S2. The number of hydrogen-bond donors (Lipinski definition) is 2. The van der Waals surface area contributed by atoms with E-state index in [9.17, 15) is 13.2 Å². The molecule has 2 aromatic rings. The monoisotopic (exact) mass is 346 g/mol. The molecule has 0 spiro atoms. The average Bonchev–Trinajstić information content (AvgIpc) is 2.85. The number of carbonyl (C=O) groups is 1. The Morgan fingerprint density at radius 3 is 2.67 bits per heavy atom. The van der Waals surface area contributed by atoms with Crippen molar-refractivity contribution in [2.45, 2.75) is 4.21 Å². The zero-order valence-electron chi connectivity index (χ0n) is 10.8. The minimum absolute atomic E-state index is 0.0378. The van der Waals surface area contributed by atoms with Crippen molar-refractivity contribution < 1.29 is 17.9 Å². The highest BCUT2D eigenvalue weighted by molar-refractivity contribution is 7.94. The molecule has 0 aliphatic heterocycles. The molecule has 0 saturated heterocycles. The van der Waals surface area contributed by atoms with E-state index < -0.39 is 16.0 Å². The van der Waals surface area contributed by atoms with Crippen LogP contribution in [0.4, 0.5) is 11.4 Å². The molecule has 0 bridgehead atoms. The Hall–Kier alpha value is -1.77. The van der Waals surface area contributed by atoms with Gasteiger partial charge in [-0.3, -0.25) is 4.72 Å². The topological polar surface area (TPSA) is 98.5 Å². The number of halogens is 1. The minimum atomic E-state index is -3.85. The largest absolute Gasteiger partial charge is 0.465 e. The summed E-state index contributed by atoms with van der Waals surface area (Å²) in [6.45, 7) is 0. The van der Waals surface area contributed by atoms with Gasteiger partial charge in [-0.15, -0.1) is 11.3 Å². The van der Waals surface area contributed by atoms with Crippen molar-refractivity contribution >= 4 is 50.3 Å². The van der Waals surface area contributed by atoms with Gasteiger partial charge in [0, 0.05) is 16.1 Å². The second-order valence-corrected chi connectivity index (χ2v) is 7.24. The summed E-state index contributed by atoms with van der Waals surface area (Å²) in [4.78, 5) is 11.7. The third-order valence-corrected chi connectivity index (χ3v) is 5.55. The summed E-state index contributed by atoms with van der Waals surface area (Å²) in [5, 5.41) is 1.79. The number of carbonyl (C=O) groups excluding carboxylic acids is 1. The Morgan fingerprint density at radius 1 is 1.38 bits per heavy atom. The van der Waals surface area contributed by atoms with Gasteiger partial charge in [0.15, 0.2) is 0 Å². The van der Waals surface area contributed by atoms with Crippen LogP contribution in [0.5, 0.6) is 0 Å². The first-order valence-electron chi connectivity index (χ1n) is 5.58. The molecule has 2 rings (SSSR count). The number of thiophene rings is 1. The summed E-state index contributed by atoms with van der Waals surface area (Å²) in [7, 11) is -2.65. The summed E-state index contributed by atoms with van der Waals surface area (Å²) < 4.78 is 31.4. The molecule has 0 fully saturated rings. The third-order valence-electron chi connectivity index (χ3n) is 2.49. The first-order chi connectivity index (χ1) is 9.83. The van der Waals surface area contributed by atoms with Crippen LogP contribution in [-0.2, 0) is 14.8 Å². The predicted molar refractivity (Wildman–Crippen MR) is 82.3 cm³/mol. The van der Waals surface area contributed by atoms with Gasteiger partial charge in [-0.1, -0.05) is 11.6 Å². The van der Waals surface area contributed by atoms with Crippen LogP contribution in [0.2, 0.25) is 5.02 Å². The number of benzene rings is 1. The first kappa shape index (κ1) is 15.6. The molecule has 9 heteroatoms. The summed E-state index contributed by atoms with van der Waals surface area (Å²) in [5.41, 5.74) is 5.97. The van der Waals surface area contributed by atoms with Gasteiger partial charge in [0.05, 0.1) is 18.4 Å². The van der Waals surface area contributed by atoms with E-state index >= 15 is 0 Å². The molecule has 0 aliphatic rings. The molecule has 1 aromatic carbocycles. The fraction of sp³-hybridized carbons (Fsp3) is 0.0833. The predicted octanol–water partition coefficient (Wildman–Crippen LogP) is 2.57. The van der Waals surface area contributed by atoms with Crippen molar-refractivity contribution in [3.05, 3.63) is 40.2 Å². The number of methoxy groups -OCH3 is 1. The number of nitrogens with two attached hydrogens (primary N) is 1. The van der Waals surface area contributed by atoms with Crippen LogP contribution in [0, 0.1) is 0 Å². The van der Waals surface area contributed by atoms with Crippen molar-refractivity contribution in [1.29, 1.82) is 0 Å². The molecule has 6 nitrogen and oxygen atoms in total. The number of sulfonamides is 1. The molecule has 0 amide bonds. The van der Waals surface area contributed by atoms with Crippen LogP contribution in [-0.4, -0.2) is 21.5 Å². The van der Waals surface area contributed by atoms with Crippen LogP contribution < -0.4 is 10.5 Å². The first-order valence-corrected chi connectivity index (χ1v) is 8.32. The van der Waals surface area contributed by atoms with Gasteiger partial charge in [0.1, 0.15) is 4.21 Å². The van der Waals surface area contributed by atoms with Crippen molar-refractivity contribution in [2.24, 2.45) is 0 Å². The number of ether oxygens (including phenoxy) is 1. The van der Waals surface area contributed by atoms with Crippen molar-refractivity contribution in [3.8, 4) is 0 Å². The number of rotatable bonds is 4. The Kier molecular flexibility index (Phi) is 4.40. The average molecular weight is 347 g/mol. The number of esters is 1. The van der Waals surface area contributed by atoms with E-state index in [1.807, 2.05) is 0 Å². The van der Waals surface area contributed by atoms with Crippen LogP contribution in [0.1, 0.15) is 10.4 Å². The zero-order chi connectivity index (χ0) is 15.6. The lowest BCUT2D eigenvalue weighted by Crippen LogP contribution is -2.15. The number of hydrogen-bond acceptors (Lipinski definition) is 6. The van der Waals surface area contributed by atoms with Gasteiger partial charge in [-0.05, 0) is 24.3 Å². The fourth-order valence-corrected chi connectivity index (χ4v) is 3.88. The Morgan fingerprint density at radius 2 is 2.10 bits per heavy atom. The maximum absolute atomic E-state index is 12.2. The van der Waals surface area contributed by atoms with Crippen LogP contribution in [0.3, 0.4) is 0 Å². The molecular weight excluding hydrogens is 336 g/mol. The molecule has 0 saturated carbocycles. The van der Waals surface area contributed by atoms with Crippen LogP contribution >= 0.6 is 22.9 Å². The Labute approximate surface area is 130 Å². The second kappa shape index (κ2) is 5.92. The standard InChI is InChI=1S/C12H11ClN2O4S2/c1-19-12(16)9-3-2-7(13)4-10(9)15-21(17,18)11-5-8(14)6-20-11/h2-6,15H,14H2,1H3. The van der Waals surface area contributed by atoms with E-state index in [0.717, 1.165) is 11.3 Å². The highest BCUT2D eigenvalue weighted by Gasteiger charge is 2.21. The van der Waals surface area contributed by atoms with Crippen molar-refractivity contribution in [2.75, 3.05) is 17.6 Å². The second-order valence-electron chi connectivity index (χ2n) is 3.99. The highest BCUT2D eigenvalue weighted by Crippen LogP contribution is 2.27. The molecule has 0 radical (unpaired) electrons. The van der Waals surface area contributed by atoms with Gasteiger partial charge in [0.25, 0.3) is 10.0 Å². The molecule has 112 valence electrons. The van der Waals surface area contributed by atoms with Gasteiger partial charge in [-0.25, -0.2) is 13.2 Å². The molecule has 0 aliphatic carbocycles. The molecule has 0 unspecified atom stereocenters. The van der Waals surface area contributed by atoms with Gasteiger partial charge < -0.3 is 10.5 Å². The molecule has 1 aromatic heterocycles. The lowest BCUT2D eigenvalue weighted by Gasteiger charge is -2.10. The lowest BCUT2D eigenvalue weighted by molar-refractivity contribution is 0.0602. The quantitative estimate of drug-likeness (QED) is 0.829. The molecule has 21 heavy (non-hydrogen) atoms. The summed E-state index contributed by atoms with van der Waals surface area (Å²) in [6.07, 6.45) is 0. The maximum atomic E-state index is 12.2. The van der Waals surface area contributed by atoms with Crippen LogP contribution in [0.15, 0.2) is 33.9 Å². The van der Waals surface area contributed by atoms with E-state index in [-0.39, 0.29) is 20.5 Å². The minimum Gasteiger partial charge on any atom is -0.465 e.